The van der Waals surface area contributed by atoms with Crippen LogP contribution in [0, 0.1) is 0 Å². The fourth-order valence-corrected chi connectivity index (χ4v) is 3.22. The number of guanidine groups is 1. The van der Waals surface area contributed by atoms with Crippen LogP contribution in [0.4, 0.5) is 13.2 Å². The molecule has 0 spiro atoms. The minimum atomic E-state index is -4.16. The summed E-state index contributed by atoms with van der Waals surface area (Å²) in [7, 11) is 5.84. The van der Waals surface area contributed by atoms with Crippen LogP contribution in [0.25, 0.3) is 0 Å². The maximum atomic E-state index is 12.6. The van der Waals surface area contributed by atoms with Crippen LogP contribution in [-0.2, 0) is 7.05 Å². The number of hydrogen-bond acceptors (Lipinski definition) is 4. The number of rotatable bonds is 7. The van der Waals surface area contributed by atoms with Crippen molar-refractivity contribution in [3.63, 3.8) is 0 Å². The van der Waals surface area contributed by atoms with Gasteiger partial charge >= 0.3 is 6.18 Å². The van der Waals surface area contributed by atoms with E-state index >= 15 is 0 Å². The van der Waals surface area contributed by atoms with Gasteiger partial charge in [-0.05, 0) is 27.4 Å². The zero-order valence-corrected chi connectivity index (χ0v) is 16.4. The number of aryl methyl sites for hydroxylation is 1. The van der Waals surface area contributed by atoms with Gasteiger partial charge < -0.3 is 15.5 Å². The number of nitrogens with zero attached hydrogens (tertiary/aromatic N) is 5. The fourth-order valence-electron chi connectivity index (χ4n) is 3.22. The summed E-state index contributed by atoms with van der Waals surface area (Å²) >= 11 is 0. The summed E-state index contributed by atoms with van der Waals surface area (Å²) in [6.45, 7) is 3.11. The first-order valence-corrected chi connectivity index (χ1v) is 9.17. The van der Waals surface area contributed by atoms with E-state index in [0.717, 1.165) is 5.56 Å². The highest BCUT2D eigenvalue weighted by atomic mass is 19.4. The van der Waals surface area contributed by atoms with Crippen LogP contribution in [0.15, 0.2) is 17.4 Å². The first-order valence-electron chi connectivity index (χ1n) is 9.17. The number of likely N-dealkylation sites (tertiary alicyclic amines) is 1. The highest BCUT2D eigenvalue weighted by molar-refractivity contribution is 5.80. The Morgan fingerprint density at radius 3 is 2.74 bits per heavy atom. The molecule has 1 fully saturated rings. The first-order chi connectivity index (χ1) is 12.7. The Morgan fingerprint density at radius 1 is 1.44 bits per heavy atom. The van der Waals surface area contributed by atoms with Crippen molar-refractivity contribution in [1.29, 1.82) is 0 Å². The number of aromatic nitrogens is 2. The first kappa shape index (κ1) is 21.5. The summed E-state index contributed by atoms with van der Waals surface area (Å²) < 4.78 is 39.4. The lowest BCUT2D eigenvalue weighted by molar-refractivity contribution is -0.143. The van der Waals surface area contributed by atoms with Gasteiger partial charge in [0, 0.05) is 44.5 Å². The normalized spacial score (nSPS) is 20.3. The van der Waals surface area contributed by atoms with Gasteiger partial charge in [0.1, 0.15) is 0 Å². The van der Waals surface area contributed by atoms with E-state index in [1.165, 1.54) is 4.90 Å². The molecule has 7 nitrogen and oxygen atoms in total. The van der Waals surface area contributed by atoms with E-state index in [-0.39, 0.29) is 12.1 Å². The average molecular weight is 389 g/mol. The Bertz CT molecular complexity index is 612. The summed E-state index contributed by atoms with van der Waals surface area (Å²) in [5.41, 5.74) is 1.07. The molecule has 1 aliphatic heterocycles. The van der Waals surface area contributed by atoms with Crippen LogP contribution in [0.1, 0.15) is 24.9 Å². The van der Waals surface area contributed by atoms with Gasteiger partial charge in [-0.3, -0.25) is 14.6 Å². The molecular weight excluding hydrogens is 359 g/mol. The van der Waals surface area contributed by atoms with E-state index in [9.17, 15) is 13.2 Å². The van der Waals surface area contributed by atoms with Crippen molar-refractivity contribution in [1.82, 2.24) is 30.2 Å². The molecule has 2 heterocycles. The molecule has 1 saturated heterocycles. The monoisotopic (exact) mass is 389 g/mol. The molecule has 1 aromatic rings. The standard InChI is InChI=1S/C17H30F3N7/c1-5-21-16(24-14-6-7-27(11-14)12-17(18,19)20)22-9-15(25(2)3)13-8-23-26(4)10-13/h8,10,14-15H,5-7,9,11-12H2,1-4H3,(H2,21,22,24). The lowest BCUT2D eigenvalue weighted by Crippen LogP contribution is -2.45. The second-order valence-electron chi connectivity index (χ2n) is 7.13. The Hall–Kier alpha value is -1.81. The number of halogens is 3. The molecule has 0 bridgehead atoms. The van der Waals surface area contributed by atoms with Crippen LogP contribution in [0.2, 0.25) is 0 Å². The predicted octanol–water partition coefficient (Wildman–Crippen LogP) is 1.21. The van der Waals surface area contributed by atoms with E-state index in [4.69, 9.17) is 0 Å². The van der Waals surface area contributed by atoms with Gasteiger partial charge in [0.2, 0.25) is 0 Å². The molecule has 0 aliphatic carbocycles. The minimum Gasteiger partial charge on any atom is -0.357 e. The van der Waals surface area contributed by atoms with Crippen molar-refractivity contribution >= 4 is 5.96 Å². The Labute approximate surface area is 158 Å². The summed E-state index contributed by atoms with van der Waals surface area (Å²) in [4.78, 5) is 8.16. The third kappa shape index (κ3) is 7.02. The third-order valence-corrected chi connectivity index (χ3v) is 4.52. The van der Waals surface area contributed by atoms with E-state index < -0.39 is 12.7 Å². The summed E-state index contributed by atoms with van der Waals surface area (Å²) in [5.74, 6) is 0.632. The quantitative estimate of drug-likeness (QED) is 0.542. The Kier molecular flexibility index (Phi) is 7.49. The molecule has 0 amide bonds. The molecule has 2 N–H and O–H groups in total. The van der Waals surface area contributed by atoms with Gasteiger partial charge in [0.15, 0.2) is 5.96 Å². The number of aliphatic imine (C=N–C) groups is 1. The van der Waals surface area contributed by atoms with E-state index in [0.29, 0.717) is 38.6 Å². The number of nitrogens with one attached hydrogen (secondary N) is 2. The second kappa shape index (κ2) is 9.41. The zero-order chi connectivity index (χ0) is 20.0. The van der Waals surface area contributed by atoms with Crippen molar-refractivity contribution in [3.05, 3.63) is 18.0 Å². The maximum Gasteiger partial charge on any atom is 0.401 e. The van der Waals surface area contributed by atoms with Crippen LogP contribution in [0.3, 0.4) is 0 Å². The molecule has 1 aliphatic rings. The van der Waals surface area contributed by atoms with Crippen molar-refractivity contribution in [2.24, 2.45) is 12.0 Å². The molecule has 27 heavy (non-hydrogen) atoms. The molecule has 10 heteroatoms. The van der Waals surface area contributed by atoms with Crippen molar-refractivity contribution in [2.45, 2.75) is 31.6 Å². The summed E-state index contributed by atoms with van der Waals surface area (Å²) in [5, 5.41) is 10.7. The van der Waals surface area contributed by atoms with Crippen LogP contribution in [-0.4, -0.2) is 84.6 Å². The molecule has 2 rings (SSSR count). The van der Waals surface area contributed by atoms with Crippen LogP contribution in [0.5, 0.6) is 0 Å². The number of hydrogen-bond donors (Lipinski definition) is 2. The summed E-state index contributed by atoms with van der Waals surface area (Å²) in [6, 6.07) is 0.0285. The molecule has 0 saturated carbocycles. The largest absolute Gasteiger partial charge is 0.401 e. The minimum absolute atomic E-state index is 0.0404. The topological polar surface area (TPSA) is 60.7 Å². The molecule has 2 unspecified atom stereocenters. The molecule has 2 atom stereocenters. The predicted molar refractivity (Wildman–Crippen MR) is 99.7 cm³/mol. The Morgan fingerprint density at radius 2 is 2.19 bits per heavy atom. The Balaban J connectivity index is 1.97. The van der Waals surface area contributed by atoms with Gasteiger partial charge in [0.25, 0.3) is 0 Å². The van der Waals surface area contributed by atoms with Crippen LogP contribution < -0.4 is 10.6 Å². The van der Waals surface area contributed by atoms with Gasteiger partial charge in [0.05, 0.1) is 25.3 Å². The highest BCUT2D eigenvalue weighted by Crippen LogP contribution is 2.20. The third-order valence-electron chi connectivity index (χ3n) is 4.52. The second-order valence-corrected chi connectivity index (χ2v) is 7.13. The smallest absolute Gasteiger partial charge is 0.357 e. The number of alkyl halides is 3. The van der Waals surface area contributed by atoms with Gasteiger partial charge in [-0.2, -0.15) is 18.3 Å². The van der Waals surface area contributed by atoms with Crippen molar-refractivity contribution in [3.8, 4) is 0 Å². The molecule has 0 radical (unpaired) electrons. The average Bonchev–Trinajstić information content (AvgIpc) is 3.15. The highest BCUT2D eigenvalue weighted by Gasteiger charge is 2.34. The lowest BCUT2D eigenvalue weighted by Gasteiger charge is -2.23. The lowest BCUT2D eigenvalue weighted by atomic mass is 10.1. The van der Waals surface area contributed by atoms with Crippen molar-refractivity contribution in [2.75, 3.05) is 46.8 Å². The molecule has 0 aromatic carbocycles. The molecule has 1 aromatic heterocycles. The van der Waals surface area contributed by atoms with Crippen molar-refractivity contribution < 1.29 is 13.2 Å². The van der Waals surface area contributed by atoms with E-state index in [1.807, 2.05) is 40.5 Å². The van der Waals surface area contributed by atoms with Gasteiger partial charge in [-0.25, -0.2) is 0 Å². The van der Waals surface area contributed by atoms with E-state index in [2.05, 4.69) is 25.6 Å². The number of likely N-dealkylation sites (N-methyl/N-ethyl adjacent to an activating group) is 1. The molecule has 154 valence electrons. The fraction of sp³-hybridized carbons (Fsp3) is 0.765. The maximum absolute atomic E-state index is 12.6. The van der Waals surface area contributed by atoms with Gasteiger partial charge in [-0.1, -0.05) is 0 Å². The SMILES string of the molecule is CCNC(=NCC(c1cnn(C)c1)N(C)C)NC1CCN(CC(F)(F)F)C1. The van der Waals surface area contributed by atoms with Crippen LogP contribution >= 0.6 is 0 Å². The van der Waals surface area contributed by atoms with Gasteiger partial charge in [-0.15, -0.1) is 0 Å². The molecular formula is C17H30F3N7. The summed E-state index contributed by atoms with van der Waals surface area (Å²) in [6.07, 6.45) is 0.301. The van der Waals surface area contributed by atoms with E-state index in [1.54, 1.807) is 4.68 Å². The zero-order valence-electron chi connectivity index (χ0n) is 16.4.